The minimum Gasteiger partial charge on any atom is -0.507 e. The monoisotopic (exact) mass is 467 g/mol. The molecule has 1 aliphatic heterocycles. The van der Waals surface area contributed by atoms with Gasteiger partial charge in [-0.2, -0.15) is 0 Å². The van der Waals surface area contributed by atoms with Gasteiger partial charge in [0, 0.05) is 12.1 Å². The van der Waals surface area contributed by atoms with Crippen molar-refractivity contribution in [2.45, 2.75) is 19.4 Å². The molecule has 2 aromatic rings. The van der Waals surface area contributed by atoms with Gasteiger partial charge in [-0.25, -0.2) is 4.39 Å². The van der Waals surface area contributed by atoms with Crippen LogP contribution in [0, 0.1) is 5.82 Å². The molecule has 1 amide bonds. The molecule has 1 atom stereocenters. The van der Waals surface area contributed by atoms with E-state index in [1.165, 1.54) is 43.4 Å². The molecule has 6 nitrogen and oxygen atoms in total. The Morgan fingerprint density at radius 1 is 1.16 bits per heavy atom. The average Bonchev–Trinajstić information content (AvgIpc) is 2.98. The molecule has 0 radical (unpaired) electrons. The van der Waals surface area contributed by atoms with E-state index in [2.05, 4.69) is 0 Å². The number of Topliss-reactive ketones (excluding diaryl/α,β-unsaturated/α-hetero) is 1. The topological polar surface area (TPSA) is 76.1 Å². The number of amides is 1. The zero-order valence-corrected chi connectivity index (χ0v) is 18.6. The molecule has 1 N–H and O–H groups in total. The second kappa shape index (κ2) is 9.16. The molecular weight excluding hydrogens is 448 g/mol. The largest absolute Gasteiger partial charge is 0.507 e. The van der Waals surface area contributed by atoms with Crippen molar-refractivity contribution in [2.75, 3.05) is 20.8 Å². The number of hydrogen-bond acceptors (Lipinski definition) is 5. The molecule has 0 bridgehead atoms. The summed E-state index contributed by atoms with van der Waals surface area (Å²) in [5, 5.41) is 11.2. The third kappa shape index (κ3) is 3.83. The number of halogens is 3. The Hall–Kier alpha value is -2.77. The van der Waals surface area contributed by atoms with Crippen molar-refractivity contribution in [3.05, 3.63) is 62.9 Å². The lowest BCUT2D eigenvalue weighted by Gasteiger charge is -2.25. The molecule has 164 valence electrons. The Kier molecular flexibility index (Phi) is 6.77. The third-order valence-electron chi connectivity index (χ3n) is 5.00. The predicted octanol–water partition coefficient (Wildman–Crippen LogP) is 4.98. The highest BCUT2D eigenvalue weighted by Crippen LogP contribution is 2.47. The normalized spacial score (nSPS) is 17.9. The highest BCUT2D eigenvalue weighted by atomic mass is 35.5. The lowest BCUT2D eigenvalue weighted by atomic mass is 9.94. The highest BCUT2D eigenvalue weighted by molar-refractivity contribution is 6.47. The van der Waals surface area contributed by atoms with E-state index in [0.717, 1.165) is 0 Å². The second-order valence-corrected chi connectivity index (χ2v) is 7.59. The van der Waals surface area contributed by atoms with Crippen LogP contribution in [-0.2, 0) is 9.59 Å². The molecule has 3 rings (SSSR count). The smallest absolute Gasteiger partial charge is 0.295 e. The van der Waals surface area contributed by atoms with Gasteiger partial charge >= 0.3 is 0 Å². The number of carbonyl (C=O) groups excluding carboxylic acids is 2. The molecule has 0 aliphatic carbocycles. The molecule has 31 heavy (non-hydrogen) atoms. The average molecular weight is 468 g/mol. The van der Waals surface area contributed by atoms with Crippen molar-refractivity contribution < 1.29 is 28.6 Å². The molecule has 0 aromatic heterocycles. The summed E-state index contributed by atoms with van der Waals surface area (Å²) in [5.74, 6) is -2.85. The minimum atomic E-state index is -1.12. The van der Waals surface area contributed by atoms with Crippen LogP contribution in [0.25, 0.3) is 5.76 Å². The van der Waals surface area contributed by atoms with Crippen molar-refractivity contribution in [3.8, 4) is 11.5 Å². The first kappa shape index (κ1) is 22.9. The number of nitrogens with zero attached hydrogens (tertiary/aromatic N) is 1. The van der Waals surface area contributed by atoms with Gasteiger partial charge in [0.25, 0.3) is 11.7 Å². The number of aliphatic hydroxyl groups excluding tert-OH is 1. The van der Waals surface area contributed by atoms with Crippen molar-refractivity contribution in [3.63, 3.8) is 0 Å². The summed E-state index contributed by atoms with van der Waals surface area (Å²) in [6, 6.07) is 5.97. The molecule has 1 aliphatic rings. The lowest BCUT2D eigenvalue weighted by molar-refractivity contribution is -0.139. The van der Waals surface area contributed by atoms with Crippen LogP contribution in [0.3, 0.4) is 0 Å². The van der Waals surface area contributed by atoms with Crippen LogP contribution >= 0.6 is 23.2 Å². The molecule has 0 spiro atoms. The molecule has 0 saturated carbocycles. The first-order valence-corrected chi connectivity index (χ1v) is 10.2. The Bertz CT molecular complexity index is 1090. The number of benzene rings is 2. The van der Waals surface area contributed by atoms with Crippen LogP contribution in [0.2, 0.25) is 10.0 Å². The second-order valence-electron chi connectivity index (χ2n) is 6.80. The molecular formula is C22H20Cl2FNO5. The first-order chi connectivity index (χ1) is 14.8. The Morgan fingerprint density at radius 2 is 1.81 bits per heavy atom. The summed E-state index contributed by atoms with van der Waals surface area (Å²) >= 11 is 12.5. The van der Waals surface area contributed by atoms with Gasteiger partial charge in [-0.15, -0.1) is 0 Å². The van der Waals surface area contributed by atoms with Gasteiger partial charge < -0.3 is 19.5 Å². The molecule has 9 heteroatoms. The van der Waals surface area contributed by atoms with Crippen molar-refractivity contribution >= 4 is 40.7 Å². The summed E-state index contributed by atoms with van der Waals surface area (Å²) < 4.78 is 25.1. The fraction of sp³-hybridized carbons (Fsp3) is 0.273. The van der Waals surface area contributed by atoms with Crippen molar-refractivity contribution in [1.82, 2.24) is 4.90 Å². The van der Waals surface area contributed by atoms with Crippen molar-refractivity contribution in [1.29, 1.82) is 0 Å². The fourth-order valence-corrected chi connectivity index (χ4v) is 4.35. The summed E-state index contributed by atoms with van der Waals surface area (Å²) in [5.41, 5.74) is -0.213. The van der Waals surface area contributed by atoms with E-state index >= 15 is 0 Å². The van der Waals surface area contributed by atoms with E-state index < -0.39 is 29.3 Å². The van der Waals surface area contributed by atoms with Crippen LogP contribution in [0.5, 0.6) is 11.5 Å². The summed E-state index contributed by atoms with van der Waals surface area (Å²) in [4.78, 5) is 26.9. The van der Waals surface area contributed by atoms with E-state index in [4.69, 9.17) is 32.7 Å². The van der Waals surface area contributed by atoms with Gasteiger partial charge in [0.1, 0.15) is 16.6 Å². The Balaban J connectivity index is 2.33. The molecule has 1 unspecified atom stereocenters. The Morgan fingerprint density at radius 3 is 2.39 bits per heavy atom. The summed E-state index contributed by atoms with van der Waals surface area (Å²) in [6.45, 7) is 2.02. The highest BCUT2D eigenvalue weighted by Gasteiger charge is 2.47. The number of ether oxygens (including phenoxy) is 2. The van der Waals surface area contributed by atoms with Gasteiger partial charge in [0.15, 0.2) is 11.5 Å². The number of likely N-dealkylation sites (tertiary alicyclic amines) is 1. The number of ketones is 1. The quantitative estimate of drug-likeness (QED) is 0.368. The van der Waals surface area contributed by atoms with E-state index in [0.29, 0.717) is 6.42 Å². The zero-order chi connectivity index (χ0) is 22.9. The van der Waals surface area contributed by atoms with Gasteiger partial charge in [-0.05, 0) is 18.6 Å². The number of rotatable bonds is 6. The van der Waals surface area contributed by atoms with Crippen LogP contribution in [0.4, 0.5) is 4.39 Å². The molecule has 1 fully saturated rings. The maximum Gasteiger partial charge on any atom is 0.295 e. The van der Waals surface area contributed by atoms with E-state index in [1.807, 2.05) is 6.92 Å². The van der Waals surface area contributed by atoms with Crippen LogP contribution in [0.1, 0.15) is 30.5 Å². The summed E-state index contributed by atoms with van der Waals surface area (Å²) in [6.07, 6.45) is 0.529. The first-order valence-electron chi connectivity index (χ1n) is 9.41. The zero-order valence-electron chi connectivity index (χ0n) is 17.0. The van der Waals surface area contributed by atoms with Crippen LogP contribution in [-0.4, -0.2) is 42.5 Å². The minimum absolute atomic E-state index is 0.00519. The third-order valence-corrected chi connectivity index (χ3v) is 5.62. The predicted molar refractivity (Wildman–Crippen MR) is 115 cm³/mol. The molecule has 1 heterocycles. The number of methoxy groups -OCH3 is 2. The van der Waals surface area contributed by atoms with Crippen LogP contribution in [0.15, 0.2) is 35.9 Å². The van der Waals surface area contributed by atoms with Crippen molar-refractivity contribution in [2.24, 2.45) is 0 Å². The summed E-state index contributed by atoms with van der Waals surface area (Å²) in [7, 11) is 2.68. The SMILES string of the molecule is CCCN1C(=O)C(=O)/C(=C(/O)c2cc(Cl)c(OC)c(Cl)c2OC)C1c1ccccc1F. The van der Waals surface area contributed by atoms with E-state index in [-0.39, 0.29) is 44.8 Å². The van der Waals surface area contributed by atoms with Gasteiger partial charge in [-0.1, -0.05) is 48.3 Å². The maximum absolute atomic E-state index is 14.7. The van der Waals surface area contributed by atoms with Gasteiger partial charge in [0.05, 0.1) is 36.4 Å². The fourth-order valence-electron chi connectivity index (χ4n) is 3.66. The molecule has 1 saturated heterocycles. The van der Waals surface area contributed by atoms with Gasteiger partial charge in [0.2, 0.25) is 0 Å². The molecule has 2 aromatic carbocycles. The standard InChI is InChI=1S/C22H20Cl2FNO5/c1-4-9-26-17(11-7-5-6-8-14(11)25)15(19(28)22(26)29)18(27)12-10-13(23)21(31-3)16(24)20(12)30-2/h5-8,10,17,27H,4,9H2,1-3H3/b18-15+. The lowest BCUT2D eigenvalue weighted by Crippen LogP contribution is -2.30. The van der Waals surface area contributed by atoms with Crippen LogP contribution < -0.4 is 9.47 Å². The number of hydrogen-bond donors (Lipinski definition) is 1. The Labute approximate surface area is 188 Å². The van der Waals surface area contributed by atoms with Gasteiger partial charge in [-0.3, -0.25) is 9.59 Å². The number of aliphatic hydroxyl groups is 1. The van der Waals surface area contributed by atoms with E-state index in [1.54, 1.807) is 6.07 Å². The maximum atomic E-state index is 14.7. The number of carbonyl (C=O) groups is 2. The van der Waals surface area contributed by atoms with E-state index in [9.17, 15) is 19.1 Å².